The molecule has 8 nitrogen and oxygen atoms in total. The van der Waals surface area contributed by atoms with Gasteiger partial charge in [-0.25, -0.2) is 4.98 Å². The molecule has 1 amide bonds. The first kappa shape index (κ1) is 21.7. The molecule has 3 heterocycles. The molecule has 0 radical (unpaired) electrons. The van der Waals surface area contributed by atoms with E-state index in [0.717, 1.165) is 54.0 Å². The lowest BCUT2D eigenvalue weighted by Gasteiger charge is -2.35. The molecule has 0 atom stereocenters. The molecule has 1 aliphatic heterocycles. The van der Waals surface area contributed by atoms with E-state index in [1.807, 2.05) is 54.6 Å². The molecular weight excluding hydrogens is 428 g/mol. The Bertz CT molecular complexity index is 1340. The molecule has 2 aromatic carbocycles. The van der Waals surface area contributed by atoms with E-state index < -0.39 is 5.91 Å². The Morgan fingerprint density at radius 1 is 1.06 bits per heavy atom. The zero-order valence-corrected chi connectivity index (χ0v) is 18.9. The molecule has 4 aromatic rings. The van der Waals surface area contributed by atoms with Crippen molar-refractivity contribution in [3.63, 3.8) is 0 Å². The number of fused-ring (bicyclic) bond motifs is 1. The number of nitrogens with zero attached hydrogens (tertiary/aromatic N) is 4. The molecule has 0 aliphatic carbocycles. The number of piperazine rings is 1. The summed E-state index contributed by atoms with van der Waals surface area (Å²) in [6.45, 7) is 3.56. The number of hydrogen-bond donors (Lipinski definition) is 3. The number of benzene rings is 2. The van der Waals surface area contributed by atoms with Crippen molar-refractivity contribution in [3.05, 3.63) is 77.6 Å². The molecule has 0 saturated carbocycles. The fraction of sp³-hybridized carbons (Fsp3) is 0.192. The first-order valence-corrected chi connectivity index (χ1v) is 11.2. The van der Waals surface area contributed by atoms with Gasteiger partial charge in [-0.05, 0) is 43.0 Å². The van der Waals surface area contributed by atoms with Gasteiger partial charge in [0, 0.05) is 37.8 Å². The van der Waals surface area contributed by atoms with Gasteiger partial charge >= 0.3 is 0 Å². The van der Waals surface area contributed by atoms with E-state index in [4.69, 9.17) is 0 Å². The van der Waals surface area contributed by atoms with Crippen LogP contribution in [-0.2, 0) is 0 Å². The number of nitrogens with one attached hydrogen (secondary N) is 2. The van der Waals surface area contributed by atoms with Gasteiger partial charge in [-0.1, -0.05) is 36.4 Å². The lowest BCUT2D eigenvalue weighted by atomic mass is 10.1. The number of aromatic hydroxyl groups is 1. The van der Waals surface area contributed by atoms with Gasteiger partial charge in [0.15, 0.2) is 0 Å². The second-order valence-electron chi connectivity index (χ2n) is 8.39. The molecule has 8 heteroatoms. The van der Waals surface area contributed by atoms with Crippen molar-refractivity contribution in [2.45, 2.75) is 0 Å². The Balaban J connectivity index is 1.53. The van der Waals surface area contributed by atoms with Crippen molar-refractivity contribution in [2.24, 2.45) is 0 Å². The first-order valence-electron chi connectivity index (χ1n) is 11.2. The molecule has 2 aromatic heterocycles. The number of H-pyrrole nitrogens is 1. The first-order chi connectivity index (χ1) is 16.6. The number of amides is 1. The van der Waals surface area contributed by atoms with Crippen LogP contribution < -0.4 is 10.2 Å². The minimum absolute atomic E-state index is 0.128. The highest BCUT2D eigenvalue weighted by Crippen LogP contribution is 2.34. The minimum Gasteiger partial charge on any atom is -0.493 e. The maximum atomic E-state index is 13.0. The molecule has 0 spiro atoms. The van der Waals surface area contributed by atoms with Gasteiger partial charge in [0.25, 0.3) is 5.91 Å². The van der Waals surface area contributed by atoms with Crippen molar-refractivity contribution in [2.75, 3.05) is 43.4 Å². The zero-order chi connectivity index (χ0) is 23.5. The largest absolute Gasteiger partial charge is 0.493 e. The van der Waals surface area contributed by atoms with Crippen LogP contribution in [0.4, 0.5) is 11.4 Å². The maximum Gasteiger partial charge on any atom is 0.261 e. The number of rotatable bonds is 5. The molecule has 5 rings (SSSR count). The van der Waals surface area contributed by atoms with E-state index in [-0.39, 0.29) is 11.4 Å². The van der Waals surface area contributed by atoms with Crippen molar-refractivity contribution in [1.29, 1.82) is 0 Å². The SMILES string of the molecule is CN1CCN(c2cc3[nH]nc(/C=C/c4ccccc4)c3cc2NC(=O)c2cccnc2O)CC1. The van der Waals surface area contributed by atoms with Crippen molar-refractivity contribution < 1.29 is 9.90 Å². The fourth-order valence-corrected chi connectivity index (χ4v) is 4.11. The molecule has 1 aliphatic rings. The molecular formula is C26H26N6O2. The van der Waals surface area contributed by atoms with Crippen LogP contribution in [0.3, 0.4) is 0 Å². The smallest absolute Gasteiger partial charge is 0.261 e. The lowest BCUT2D eigenvalue weighted by molar-refractivity contribution is 0.102. The van der Waals surface area contributed by atoms with E-state index >= 15 is 0 Å². The minimum atomic E-state index is -0.412. The van der Waals surface area contributed by atoms with E-state index in [2.05, 4.69) is 37.3 Å². The van der Waals surface area contributed by atoms with Crippen LogP contribution in [0.15, 0.2) is 60.8 Å². The van der Waals surface area contributed by atoms with Gasteiger partial charge in [0.05, 0.1) is 22.6 Å². The standard InChI is InChI=1S/C26H26N6O2/c1-31-12-14-32(15-13-31)24-17-22-20(21(29-30-22)10-9-18-6-3-2-4-7-18)16-23(24)28-26(34)19-8-5-11-27-25(19)33/h2-11,16-17H,12-15H2,1H3,(H,27,33)(H,28,34)(H,29,30)/b10-9+. The van der Waals surface area contributed by atoms with Gasteiger partial charge in [-0.3, -0.25) is 9.89 Å². The second-order valence-corrected chi connectivity index (χ2v) is 8.39. The lowest BCUT2D eigenvalue weighted by Crippen LogP contribution is -2.44. The van der Waals surface area contributed by atoms with Crippen LogP contribution in [0.1, 0.15) is 21.6 Å². The number of hydrogen-bond acceptors (Lipinski definition) is 6. The summed E-state index contributed by atoms with van der Waals surface area (Å²) in [7, 11) is 2.11. The normalized spacial score (nSPS) is 14.7. The monoisotopic (exact) mass is 454 g/mol. The van der Waals surface area contributed by atoms with Crippen LogP contribution >= 0.6 is 0 Å². The predicted molar refractivity (Wildman–Crippen MR) is 135 cm³/mol. The average molecular weight is 455 g/mol. The Labute approximate surface area is 197 Å². The van der Waals surface area contributed by atoms with Gasteiger partial charge in [0.2, 0.25) is 5.88 Å². The Morgan fingerprint density at radius 3 is 2.62 bits per heavy atom. The van der Waals surface area contributed by atoms with Crippen LogP contribution in [0.25, 0.3) is 23.1 Å². The van der Waals surface area contributed by atoms with Crippen molar-refractivity contribution >= 4 is 40.3 Å². The maximum absolute atomic E-state index is 13.0. The number of carbonyl (C=O) groups is 1. The molecule has 3 N–H and O–H groups in total. The molecule has 1 saturated heterocycles. The highest BCUT2D eigenvalue weighted by molar-refractivity contribution is 6.09. The van der Waals surface area contributed by atoms with Gasteiger partial charge in [-0.15, -0.1) is 0 Å². The van der Waals surface area contributed by atoms with Crippen LogP contribution in [-0.4, -0.2) is 64.3 Å². The highest BCUT2D eigenvalue weighted by Gasteiger charge is 2.21. The summed E-state index contributed by atoms with van der Waals surface area (Å²) in [6.07, 6.45) is 5.42. The third kappa shape index (κ3) is 4.49. The Kier molecular flexibility index (Phi) is 5.97. The number of likely N-dealkylation sites (N-methyl/N-ethyl adjacent to an activating group) is 1. The summed E-state index contributed by atoms with van der Waals surface area (Å²) in [5, 5.41) is 21.6. The van der Waals surface area contributed by atoms with E-state index in [1.165, 1.54) is 6.20 Å². The van der Waals surface area contributed by atoms with Crippen molar-refractivity contribution in [1.82, 2.24) is 20.1 Å². The summed E-state index contributed by atoms with van der Waals surface area (Å²) in [5.41, 5.74) is 4.46. The number of carbonyl (C=O) groups excluding carboxylic acids is 1. The number of aromatic amines is 1. The van der Waals surface area contributed by atoms with Crippen LogP contribution in [0, 0.1) is 0 Å². The molecule has 0 unspecified atom stereocenters. The zero-order valence-electron chi connectivity index (χ0n) is 18.9. The van der Waals surface area contributed by atoms with Gasteiger partial charge in [-0.2, -0.15) is 5.10 Å². The average Bonchev–Trinajstić information content (AvgIpc) is 3.25. The molecule has 34 heavy (non-hydrogen) atoms. The fourth-order valence-electron chi connectivity index (χ4n) is 4.11. The molecule has 1 fully saturated rings. The number of pyridine rings is 1. The topological polar surface area (TPSA) is 97.4 Å². The van der Waals surface area contributed by atoms with Gasteiger partial charge in [0.1, 0.15) is 5.56 Å². The Morgan fingerprint density at radius 2 is 1.85 bits per heavy atom. The third-order valence-corrected chi connectivity index (χ3v) is 6.07. The van der Waals surface area contributed by atoms with Crippen molar-refractivity contribution in [3.8, 4) is 5.88 Å². The predicted octanol–water partition coefficient (Wildman–Crippen LogP) is 3.84. The van der Waals surface area contributed by atoms with E-state index in [0.29, 0.717) is 5.69 Å². The van der Waals surface area contributed by atoms with Crippen LogP contribution in [0.2, 0.25) is 0 Å². The summed E-state index contributed by atoms with van der Waals surface area (Å²) >= 11 is 0. The summed E-state index contributed by atoms with van der Waals surface area (Å²) in [4.78, 5) is 21.4. The molecule has 0 bridgehead atoms. The highest BCUT2D eigenvalue weighted by atomic mass is 16.3. The van der Waals surface area contributed by atoms with Gasteiger partial charge < -0.3 is 20.2 Å². The number of anilines is 2. The Hall–Kier alpha value is -4.17. The third-order valence-electron chi connectivity index (χ3n) is 6.07. The molecule has 172 valence electrons. The quantitative estimate of drug-likeness (QED) is 0.424. The van der Waals surface area contributed by atoms with Crippen LogP contribution in [0.5, 0.6) is 5.88 Å². The summed E-state index contributed by atoms with van der Waals surface area (Å²) in [6, 6.07) is 17.2. The summed E-state index contributed by atoms with van der Waals surface area (Å²) in [5.74, 6) is -0.706. The number of aromatic nitrogens is 3. The second kappa shape index (κ2) is 9.36. The van der Waals surface area contributed by atoms with E-state index in [1.54, 1.807) is 12.1 Å². The van der Waals surface area contributed by atoms with E-state index in [9.17, 15) is 9.90 Å². The summed E-state index contributed by atoms with van der Waals surface area (Å²) < 4.78 is 0.